The Kier molecular flexibility index (Phi) is 6.60. The Labute approximate surface area is 174 Å². The summed E-state index contributed by atoms with van der Waals surface area (Å²) in [4.78, 5) is 29.1. The molecule has 29 heavy (non-hydrogen) atoms. The second-order valence-corrected chi connectivity index (χ2v) is 8.23. The third-order valence-corrected chi connectivity index (χ3v) is 5.66. The molecule has 0 atom stereocenters. The lowest BCUT2D eigenvalue weighted by Gasteiger charge is -2.12. The highest BCUT2D eigenvalue weighted by Gasteiger charge is 2.14. The van der Waals surface area contributed by atoms with Crippen molar-refractivity contribution >= 4 is 46.3 Å². The van der Waals surface area contributed by atoms with Gasteiger partial charge in [0.15, 0.2) is 11.6 Å². The van der Waals surface area contributed by atoms with E-state index < -0.39 is 23.4 Å². The van der Waals surface area contributed by atoms with Gasteiger partial charge >= 0.3 is 0 Å². The number of aromatic nitrogens is 1. The van der Waals surface area contributed by atoms with Crippen LogP contribution in [0.2, 0.25) is 0 Å². The maximum Gasteiger partial charge on any atom is 0.255 e. The number of nitrogens with one attached hydrogen (secondary N) is 2. The van der Waals surface area contributed by atoms with Gasteiger partial charge in [-0.05, 0) is 31.2 Å². The highest BCUT2D eigenvalue weighted by atomic mass is 32.2. The molecule has 1 aromatic heterocycles. The van der Waals surface area contributed by atoms with Gasteiger partial charge in [-0.3, -0.25) is 9.59 Å². The Morgan fingerprint density at radius 1 is 1.07 bits per heavy atom. The normalized spacial score (nSPS) is 10.6. The van der Waals surface area contributed by atoms with Gasteiger partial charge in [-0.15, -0.1) is 23.1 Å². The number of hydrogen-bond acceptors (Lipinski definition) is 5. The highest BCUT2D eigenvalue weighted by Crippen LogP contribution is 2.27. The number of carbonyl (C=O) groups excluding carboxylic acids is 2. The number of amides is 2. The van der Waals surface area contributed by atoms with Gasteiger partial charge in [0, 0.05) is 40.6 Å². The van der Waals surface area contributed by atoms with Crippen molar-refractivity contribution in [3.8, 4) is 0 Å². The smallest absolute Gasteiger partial charge is 0.255 e. The lowest BCUT2D eigenvalue weighted by atomic mass is 10.2. The van der Waals surface area contributed by atoms with E-state index in [1.165, 1.54) is 6.92 Å². The molecule has 0 saturated carbocycles. The lowest BCUT2D eigenvalue weighted by Crippen LogP contribution is -2.15. The van der Waals surface area contributed by atoms with Crippen LogP contribution in [0.1, 0.15) is 28.0 Å². The van der Waals surface area contributed by atoms with Crippen molar-refractivity contribution in [2.45, 2.75) is 24.5 Å². The van der Waals surface area contributed by atoms with Crippen molar-refractivity contribution in [3.63, 3.8) is 0 Å². The molecule has 3 aromatic rings. The number of benzene rings is 2. The van der Waals surface area contributed by atoms with E-state index in [1.807, 2.05) is 12.3 Å². The lowest BCUT2D eigenvalue weighted by molar-refractivity contribution is -0.114. The second kappa shape index (κ2) is 9.15. The van der Waals surface area contributed by atoms with Crippen LogP contribution in [0.4, 0.5) is 20.2 Å². The Balaban J connectivity index is 1.69. The van der Waals surface area contributed by atoms with Crippen LogP contribution in [0.15, 0.2) is 46.7 Å². The molecule has 0 unspecified atom stereocenters. The van der Waals surface area contributed by atoms with Crippen molar-refractivity contribution in [1.29, 1.82) is 0 Å². The summed E-state index contributed by atoms with van der Waals surface area (Å²) in [5.41, 5.74) is 1.30. The molecule has 0 aliphatic rings. The molecule has 0 aliphatic heterocycles. The summed E-state index contributed by atoms with van der Waals surface area (Å²) in [5, 5.41) is 7.91. The van der Waals surface area contributed by atoms with Crippen molar-refractivity contribution in [2.24, 2.45) is 0 Å². The zero-order chi connectivity index (χ0) is 21.0. The fourth-order valence-electron chi connectivity index (χ4n) is 2.47. The maximum absolute atomic E-state index is 13.6. The first kappa shape index (κ1) is 20.9. The van der Waals surface area contributed by atoms with E-state index in [9.17, 15) is 18.4 Å². The van der Waals surface area contributed by atoms with E-state index in [0.29, 0.717) is 5.56 Å². The summed E-state index contributed by atoms with van der Waals surface area (Å²) in [6, 6.07) is 8.55. The van der Waals surface area contributed by atoms with Gasteiger partial charge in [0.1, 0.15) is 0 Å². The molecule has 0 saturated heterocycles. The third-order valence-electron chi connectivity index (χ3n) is 3.79. The summed E-state index contributed by atoms with van der Waals surface area (Å²) in [5.74, 6) is -2.50. The van der Waals surface area contributed by atoms with E-state index in [4.69, 9.17) is 0 Å². The molecule has 0 fully saturated rings. The van der Waals surface area contributed by atoms with Gasteiger partial charge in [-0.25, -0.2) is 13.8 Å². The summed E-state index contributed by atoms with van der Waals surface area (Å²) in [6.45, 7) is 3.19. The monoisotopic (exact) mass is 433 g/mol. The third kappa shape index (κ3) is 5.61. The minimum Gasteiger partial charge on any atom is -0.324 e. The minimum absolute atomic E-state index is 0.0181. The number of carbonyl (C=O) groups is 2. The number of nitrogens with zero attached hydrogens (tertiary/aromatic N) is 1. The van der Waals surface area contributed by atoms with Crippen LogP contribution in [0.3, 0.4) is 0 Å². The molecule has 2 aromatic carbocycles. The fraction of sp³-hybridized carbons (Fsp3) is 0.150. The van der Waals surface area contributed by atoms with E-state index in [0.717, 1.165) is 33.5 Å². The topological polar surface area (TPSA) is 71.1 Å². The highest BCUT2D eigenvalue weighted by molar-refractivity contribution is 7.98. The maximum atomic E-state index is 13.6. The van der Waals surface area contributed by atoms with Crippen LogP contribution in [-0.2, 0) is 10.5 Å². The van der Waals surface area contributed by atoms with Crippen molar-refractivity contribution in [2.75, 3.05) is 10.6 Å². The van der Waals surface area contributed by atoms with Crippen LogP contribution >= 0.6 is 23.1 Å². The molecule has 0 aliphatic carbocycles. The van der Waals surface area contributed by atoms with Gasteiger partial charge in [0.2, 0.25) is 5.91 Å². The van der Waals surface area contributed by atoms with Crippen LogP contribution in [0, 0.1) is 18.6 Å². The SMILES string of the molecule is CC(=O)Nc1cc(F)c(F)cc1NC(=O)c1ccc(SCc2csc(C)n2)cc1. The van der Waals surface area contributed by atoms with Gasteiger partial charge < -0.3 is 10.6 Å². The zero-order valence-corrected chi connectivity index (χ0v) is 17.2. The molecule has 150 valence electrons. The van der Waals surface area contributed by atoms with E-state index in [1.54, 1.807) is 47.4 Å². The summed E-state index contributed by atoms with van der Waals surface area (Å²) >= 11 is 3.20. The number of rotatable bonds is 6. The number of hydrogen-bond donors (Lipinski definition) is 2. The predicted molar refractivity (Wildman–Crippen MR) is 111 cm³/mol. The summed E-state index contributed by atoms with van der Waals surface area (Å²) < 4.78 is 27.0. The molecule has 3 rings (SSSR count). The molecule has 0 bridgehead atoms. The van der Waals surface area contributed by atoms with Gasteiger partial charge in [-0.1, -0.05) is 0 Å². The van der Waals surface area contributed by atoms with Crippen LogP contribution in [0.5, 0.6) is 0 Å². The van der Waals surface area contributed by atoms with E-state index in [-0.39, 0.29) is 11.4 Å². The molecule has 1 heterocycles. The van der Waals surface area contributed by atoms with Gasteiger partial charge in [-0.2, -0.15) is 0 Å². The van der Waals surface area contributed by atoms with Crippen molar-refractivity contribution < 1.29 is 18.4 Å². The van der Waals surface area contributed by atoms with Crippen LogP contribution < -0.4 is 10.6 Å². The minimum atomic E-state index is -1.13. The molecule has 2 N–H and O–H groups in total. The van der Waals surface area contributed by atoms with E-state index >= 15 is 0 Å². The van der Waals surface area contributed by atoms with Crippen LogP contribution in [0.25, 0.3) is 0 Å². The van der Waals surface area contributed by atoms with E-state index in [2.05, 4.69) is 15.6 Å². The zero-order valence-electron chi connectivity index (χ0n) is 15.6. The molecule has 0 spiro atoms. The molecule has 5 nitrogen and oxygen atoms in total. The quantitative estimate of drug-likeness (QED) is 0.522. The largest absolute Gasteiger partial charge is 0.324 e. The molecular weight excluding hydrogens is 416 g/mol. The molecule has 2 amide bonds. The summed E-state index contributed by atoms with van der Waals surface area (Å²) in [7, 11) is 0. The first-order valence-electron chi connectivity index (χ1n) is 8.53. The van der Waals surface area contributed by atoms with Gasteiger partial charge in [0.05, 0.1) is 22.1 Å². The second-order valence-electron chi connectivity index (χ2n) is 6.12. The summed E-state index contributed by atoms with van der Waals surface area (Å²) in [6.07, 6.45) is 0. The molecule has 9 heteroatoms. The number of aryl methyl sites for hydroxylation is 1. The van der Waals surface area contributed by atoms with Crippen molar-refractivity contribution in [1.82, 2.24) is 4.98 Å². The van der Waals surface area contributed by atoms with Crippen LogP contribution in [-0.4, -0.2) is 16.8 Å². The first-order chi connectivity index (χ1) is 13.8. The Hall–Kier alpha value is -2.78. The fourth-order valence-corrected chi connectivity index (χ4v) is 3.98. The Morgan fingerprint density at radius 2 is 1.69 bits per heavy atom. The van der Waals surface area contributed by atoms with Gasteiger partial charge in [0.25, 0.3) is 5.91 Å². The average molecular weight is 434 g/mol. The standard InChI is InChI=1S/C20H17F2N3O2S2/c1-11(26)23-18-7-16(21)17(22)8-19(18)25-20(27)13-3-5-15(6-4-13)29-10-14-9-28-12(2)24-14/h3-9H,10H2,1-2H3,(H,23,26)(H,25,27). The number of halogens is 2. The Morgan fingerprint density at radius 3 is 2.24 bits per heavy atom. The Bertz CT molecular complexity index is 1050. The predicted octanol–water partition coefficient (Wildman–Crippen LogP) is 5.23. The molecule has 0 radical (unpaired) electrons. The van der Waals surface area contributed by atoms with Crippen molar-refractivity contribution in [3.05, 3.63) is 69.7 Å². The first-order valence-corrected chi connectivity index (χ1v) is 10.4. The number of anilines is 2. The average Bonchev–Trinajstić information content (AvgIpc) is 3.09. The molecular formula is C20H17F2N3O2S2. The number of thiazole rings is 1. The number of thioether (sulfide) groups is 1.